The number of nitrogens with one attached hydrogen (secondary N) is 1. The molecule has 0 unspecified atom stereocenters. The van der Waals surface area contributed by atoms with Crippen LogP contribution in [0.3, 0.4) is 0 Å². The van der Waals surface area contributed by atoms with Crippen LogP contribution in [0.5, 0.6) is 0 Å². The lowest BCUT2D eigenvalue weighted by Gasteiger charge is -2.37. The van der Waals surface area contributed by atoms with Crippen LogP contribution < -0.4 is 15.1 Å². The summed E-state index contributed by atoms with van der Waals surface area (Å²) < 4.78 is 0. The van der Waals surface area contributed by atoms with E-state index in [2.05, 4.69) is 25.3 Å². The van der Waals surface area contributed by atoms with Crippen LogP contribution in [0.15, 0.2) is 42.5 Å². The molecule has 6 nitrogen and oxygen atoms in total. The molecule has 1 saturated heterocycles. The summed E-state index contributed by atoms with van der Waals surface area (Å²) in [7, 11) is 0. The summed E-state index contributed by atoms with van der Waals surface area (Å²) in [6.45, 7) is 3.97. The Morgan fingerprint density at radius 1 is 0.935 bits per heavy atom. The number of nitrogens with zero attached hydrogens (tertiary/aromatic N) is 4. The van der Waals surface area contributed by atoms with E-state index in [9.17, 15) is 4.79 Å². The number of fused-ring (bicyclic) bond motifs is 1. The van der Waals surface area contributed by atoms with Gasteiger partial charge in [0.1, 0.15) is 0 Å². The van der Waals surface area contributed by atoms with E-state index < -0.39 is 0 Å². The van der Waals surface area contributed by atoms with E-state index >= 15 is 0 Å². The lowest BCUT2D eigenvalue weighted by molar-refractivity contribution is 0.0947. The molecule has 1 N–H and O–H groups in total. The molecular weight excluding hydrogens is 433 g/mol. The summed E-state index contributed by atoms with van der Waals surface area (Å²) in [4.78, 5) is 17.2. The fourth-order valence-electron chi connectivity index (χ4n) is 3.99. The molecule has 2 aromatic carbocycles. The topological polar surface area (TPSA) is 61.4 Å². The standard InChI is InChI=1S/C23H23Cl2N5O/c24-19-8-7-16(13-20(19)25)29-9-11-30(12-10-29)22-18-4-2-1-3-17(18)21(27-28-22)23(31)26-14-15-5-6-15/h1-4,7-8,13,15H,5-6,9-12,14H2,(H,26,31). The smallest absolute Gasteiger partial charge is 0.272 e. The molecule has 1 aliphatic carbocycles. The van der Waals surface area contributed by atoms with Crippen molar-refractivity contribution in [3.63, 3.8) is 0 Å². The van der Waals surface area contributed by atoms with Crippen LogP contribution in [0, 0.1) is 5.92 Å². The summed E-state index contributed by atoms with van der Waals surface area (Å²) in [6, 6.07) is 13.6. The van der Waals surface area contributed by atoms with Crippen LogP contribution >= 0.6 is 23.2 Å². The number of hydrogen-bond donors (Lipinski definition) is 1. The maximum absolute atomic E-state index is 12.7. The number of benzene rings is 2. The summed E-state index contributed by atoms with van der Waals surface area (Å²) in [5.41, 5.74) is 1.46. The number of rotatable bonds is 5. The van der Waals surface area contributed by atoms with Gasteiger partial charge in [0, 0.05) is 49.2 Å². The Hall–Kier alpha value is -2.57. The molecule has 0 bridgehead atoms. The average molecular weight is 456 g/mol. The van der Waals surface area contributed by atoms with Crippen molar-refractivity contribution in [3.8, 4) is 0 Å². The second-order valence-electron chi connectivity index (χ2n) is 8.14. The molecule has 1 aromatic heterocycles. The summed E-state index contributed by atoms with van der Waals surface area (Å²) in [6.07, 6.45) is 2.39. The van der Waals surface area contributed by atoms with Crippen molar-refractivity contribution in [2.45, 2.75) is 12.8 Å². The first-order valence-corrected chi connectivity index (χ1v) is 11.3. The SMILES string of the molecule is O=C(NCC1CC1)c1nnc(N2CCN(c3ccc(Cl)c(Cl)c3)CC2)c2ccccc12. The molecule has 1 aliphatic heterocycles. The Morgan fingerprint density at radius 2 is 1.65 bits per heavy atom. The van der Waals surface area contributed by atoms with E-state index in [1.54, 1.807) is 0 Å². The normalized spacial score (nSPS) is 16.6. The number of carbonyl (C=O) groups excluding carboxylic acids is 1. The van der Waals surface area contributed by atoms with Gasteiger partial charge in [-0.25, -0.2) is 0 Å². The van der Waals surface area contributed by atoms with Crippen molar-refractivity contribution >= 4 is 51.4 Å². The molecule has 3 aromatic rings. The van der Waals surface area contributed by atoms with Gasteiger partial charge in [-0.2, -0.15) is 0 Å². The van der Waals surface area contributed by atoms with Crippen LogP contribution in [-0.2, 0) is 0 Å². The van der Waals surface area contributed by atoms with Gasteiger partial charge in [0.05, 0.1) is 10.0 Å². The summed E-state index contributed by atoms with van der Waals surface area (Å²) in [5.74, 6) is 1.30. The van der Waals surface area contributed by atoms with Gasteiger partial charge in [-0.05, 0) is 37.0 Å². The first kappa shape index (κ1) is 20.3. The molecular formula is C23H23Cl2N5O. The molecule has 2 fully saturated rings. The van der Waals surface area contributed by atoms with E-state index in [-0.39, 0.29) is 5.91 Å². The number of hydrogen-bond acceptors (Lipinski definition) is 5. The number of amides is 1. The van der Waals surface area contributed by atoms with Gasteiger partial charge in [-0.1, -0.05) is 47.5 Å². The number of piperazine rings is 1. The monoisotopic (exact) mass is 455 g/mol. The van der Waals surface area contributed by atoms with Crippen LogP contribution in [0.4, 0.5) is 11.5 Å². The summed E-state index contributed by atoms with van der Waals surface area (Å²) in [5, 5.41) is 14.7. The Kier molecular flexibility index (Phi) is 5.59. The summed E-state index contributed by atoms with van der Waals surface area (Å²) >= 11 is 12.2. The highest BCUT2D eigenvalue weighted by Crippen LogP contribution is 2.31. The molecule has 160 valence electrons. The van der Waals surface area contributed by atoms with Crippen molar-refractivity contribution in [2.75, 3.05) is 42.5 Å². The molecule has 0 radical (unpaired) electrons. The van der Waals surface area contributed by atoms with Crippen molar-refractivity contribution < 1.29 is 4.79 Å². The molecule has 0 atom stereocenters. The van der Waals surface area contributed by atoms with Gasteiger partial charge < -0.3 is 15.1 Å². The fraction of sp³-hybridized carbons (Fsp3) is 0.348. The molecule has 5 rings (SSSR count). The van der Waals surface area contributed by atoms with Gasteiger partial charge >= 0.3 is 0 Å². The molecule has 1 saturated carbocycles. The maximum Gasteiger partial charge on any atom is 0.272 e. The van der Waals surface area contributed by atoms with Crippen molar-refractivity contribution in [2.24, 2.45) is 5.92 Å². The number of carbonyl (C=O) groups is 1. The van der Waals surface area contributed by atoms with Crippen LogP contribution in [0.25, 0.3) is 10.8 Å². The third kappa shape index (κ3) is 4.27. The minimum atomic E-state index is -0.147. The second kappa shape index (κ2) is 8.52. The molecule has 2 heterocycles. The predicted molar refractivity (Wildman–Crippen MR) is 125 cm³/mol. The minimum Gasteiger partial charge on any atom is -0.368 e. The number of anilines is 2. The van der Waals surface area contributed by atoms with Gasteiger partial charge in [-0.3, -0.25) is 4.79 Å². The zero-order chi connectivity index (χ0) is 21.4. The van der Waals surface area contributed by atoms with E-state index in [0.29, 0.717) is 28.2 Å². The van der Waals surface area contributed by atoms with Crippen molar-refractivity contribution in [1.29, 1.82) is 0 Å². The second-order valence-corrected chi connectivity index (χ2v) is 8.96. The van der Waals surface area contributed by atoms with E-state index in [0.717, 1.165) is 48.5 Å². The third-order valence-corrected chi connectivity index (χ3v) is 6.72. The number of aromatic nitrogens is 2. The van der Waals surface area contributed by atoms with Gasteiger partial charge in [0.2, 0.25) is 0 Å². The van der Waals surface area contributed by atoms with Crippen LogP contribution in [-0.4, -0.2) is 48.8 Å². The van der Waals surface area contributed by atoms with Gasteiger partial charge in [-0.15, -0.1) is 10.2 Å². The average Bonchev–Trinajstić information content (AvgIpc) is 3.63. The lowest BCUT2D eigenvalue weighted by Crippen LogP contribution is -2.47. The maximum atomic E-state index is 12.7. The highest BCUT2D eigenvalue weighted by atomic mass is 35.5. The fourth-order valence-corrected chi connectivity index (χ4v) is 4.28. The number of halogens is 2. The largest absolute Gasteiger partial charge is 0.368 e. The van der Waals surface area contributed by atoms with E-state index in [1.165, 1.54) is 12.8 Å². The third-order valence-electron chi connectivity index (χ3n) is 5.98. The molecule has 8 heteroatoms. The molecule has 31 heavy (non-hydrogen) atoms. The Bertz CT molecular complexity index is 1130. The van der Waals surface area contributed by atoms with Crippen molar-refractivity contribution in [3.05, 3.63) is 58.2 Å². The van der Waals surface area contributed by atoms with Gasteiger partial charge in [0.15, 0.2) is 11.5 Å². The highest BCUT2D eigenvalue weighted by Gasteiger charge is 2.25. The lowest BCUT2D eigenvalue weighted by atomic mass is 10.1. The first-order chi connectivity index (χ1) is 15.1. The highest BCUT2D eigenvalue weighted by molar-refractivity contribution is 6.42. The Labute approximate surface area is 191 Å². The van der Waals surface area contributed by atoms with Crippen LogP contribution in [0.1, 0.15) is 23.3 Å². The zero-order valence-electron chi connectivity index (χ0n) is 17.0. The Morgan fingerprint density at radius 3 is 2.35 bits per heavy atom. The van der Waals surface area contributed by atoms with Gasteiger partial charge in [0.25, 0.3) is 5.91 Å². The zero-order valence-corrected chi connectivity index (χ0v) is 18.5. The molecule has 2 aliphatic rings. The first-order valence-electron chi connectivity index (χ1n) is 10.6. The minimum absolute atomic E-state index is 0.147. The predicted octanol–water partition coefficient (Wildman–Crippen LogP) is 4.40. The van der Waals surface area contributed by atoms with E-state index in [1.807, 2.05) is 42.5 Å². The quantitative estimate of drug-likeness (QED) is 0.617. The van der Waals surface area contributed by atoms with Crippen LogP contribution in [0.2, 0.25) is 10.0 Å². The Balaban J connectivity index is 1.35. The molecule has 1 amide bonds. The van der Waals surface area contributed by atoms with E-state index in [4.69, 9.17) is 23.2 Å². The van der Waals surface area contributed by atoms with Crippen molar-refractivity contribution in [1.82, 2.24) is 15.5 Å². The molecule has 0 spiro atoms.